The summed E-state index contributed by atoms with van der Waals surface area (Å²) in [6, 6.07) is 0. The molecule has 0 aromatic rings. The number of rotatable bonds is 11. The Balaban J connectivity index is 2.87. The van der Waals surface area contributed by atoms with Crippen molar-refractivity contribution in [2.45, 2.75) is 33.6 Å². The Kier molecular flexibility index (Phi) is 11.9. The predicted octanol–water partition coefficient (Wildman–Crippen LogP) is 1.64. The number of hydrogen-bond acceptors (Lipinski definition) is 3. The summed E-state index contributed by atoms with van der Waals surface area (Å²) in [7, 11) is 0. The molecule has 3 nitrogen and oxygen atoms in total. The summed E-state index contributed by atoms with van der Waals surface area (Å²) in [5.41, 5.74) is 0. The van der Waals surface area contributed by atoms with Gasteiger partial charge in [-0.25, -0.2) is 0 Å². The van der Waals surface area contributed by atoms with Crippen LogP contribution in [0.4, 0.5) is 0 Å². The predicted molar refractivity (Wildman–Crippen MR) is 66.3 cm³/mol. The molecule has 0 atom stereocenters. The highest BCUT2D eigenvalue weighted by molar-refractivity contribution is 4.53. The van der Waals surface area contributed by atoms with E-state index in [9.17, 15) is 0 Å². The van der Waals surface area contributed by atoms with E-state index in [4.69, 9.17) is 4.74 Å². The molecule has 0 unspecified atom stereocenters. The van der Waals surface area contributed by atoms with E-state index in [-0.39, 0.29) is 0 Å². The quantitative estimate of drug-likeness (QED) is 0.515. The van der Waals surface area contributed by atoms with Gasteiger partial charge < -0.3 is 15.4 Å². The van der Waals surface area contributed by atoms with Crippen molar-refractivity contribution >= 4 is 0 Å². The first-order valence-electron chi connectivity index (χ1n) is 6.26. The first kappa shape index (κ1) is 14.9. The Morgan fingerprint density at radius 2 is 1.73 bits per heavy atom. The van der Waals surface area contributed by atoms with E-state index in [0.29, 0.717) is 0 Å². The Labute approximate surface area is 95.0 Å². The Hall–Kier alpha value is -0.120. The van der Waals surface area contributed by atoms with E-state index in [1.54, 1.807) is 0 Å². The minimum Gasteiger partial charge on any atom is -0.380 e. The standard InChI is InChI=1S/C12H28N2O/c1-4-9-15-10-8-13-6-5-7-14-11-12(2)3/h12-14H,4-11H2,1-3H3. The van der Waals surface area contributed by atoms with E-state index in [1.165, 1.54) is 6.42 Å². The van der Waals surface area contributed by atoms with Crippen molar-refractivity contribution in [1.82, 2.24) is 10.6 Å². The molecule has 0 amide bonds. The van der Waals surface area contributed by atoms with Crippen LogP contribution in [0.1, 0.15) is 33.6 Å². The van der Waals surface area contributed by atoms with Crippen LogP contribution in [0.5, 0.6) is 0 Å². The van der Waals surface area contributed by atoms with Crippen LogP contribution in [0.25, 0.3) is 0 Å². The molecule has 0 heterocycles. The van der Waals surface area contributed by atoms with Crippen molar-refractivity contribution in [1.29, 1.82) is 0 Å². The van der Waals surface area contributed by atoms with E-state index < -0.39 is 0 Å². The van der Waals surface area contributed by atoms with Crippen molar-refractivity contribution in [3.05, 3.63) is 0 Å². The van der Waals surface area contributed by atoms with Crippen LogP contribution < -0.4 is 10.6 Å². The lowest BCUT2D eigenvalue weighted by Gasteiger charge is -2.08. The van der Waals surface area contributed by atoms with Gasteiger partial charge in [-0.2, -0.15) is 0 Å². The zero-order valence-electron chi connectivity index (χ0n) is 10.6. The molecular formula is C12H28N2O. The fourth-order valence-electron chi connectivity index (χ4n) is 1.24. The molecule has 0 bridgehead atoms. The Bertz CT molecular complexity index is 118. The van der Waals surface area contributed by atoms with Crippen molar-refractivity contribution in [2.24, 2.45) is 5.92 Å². The van der Waals surface area contributed by atoms with Gasteiger partial charge in [0.1, 0.15) is 0 Å². The molecule has 0 aliphatic carbocycles. The largest absolute Gasteiger partial charge is 0.380 e. The summed E-state index contributed by atoms with van der Waals surface area (Å²) >= 11 is 0. The maximum Gasteiger partial charge on any atom is 0.0590 e. The average Bonchev–Trinajstić information content (AvgIpc) is 2.20. The first-order valence-corrected chi connectivity index (χ1v) is 6.26. The van der Waals surface area contributed by atoms with Crippen LogP contribution in [0.15, 0.2) is 0 Å². The number of nitrogens with one attached hydrogen (secondary N) is 2. The van der Waals surface area contributed by atoms with Crippen LogP contribution in [-0.4, -0.2) is 39.4 Å². The SMILES string of the molecule is CCCOCCNCCCNCC(C)C. The molecule has 15 heavy (non-hydrogen) atoms. The van der Waals surface area contributed by atoms with Gasteiger partial charge in [0.25, 0.3) is 0 Å². The van der Waals surface area contributed by atoms with Crippen molar-refractivity contribution in [2.75, 3.05) is 39.4 Å². The van der Waals surface area contributed by atoms with Crippen molar-refractivity contribution in [3.63, 3.8) is 0 Å². The van der Waals surface area contributed by atoms with Crippen LogP contribution >= 0.6 is 0 Å². The molecular weight excluding hydrogens is 188 g/mol. The molecule has 0 spiro atoms. The van der Waals surface area contributed by atoms with Gasteiger partial charge in [0, 0.05) is 13.2 Å². The minimum absolute atomic E-state index is 0.750. The Morgan fingerprint density at radius 1 is 1.00 bits per heavy atom. The lowest BCUT2D eigenvalue weighted by molar-refractivity contribution is 0.136. The van der Waals surface area contributed by atoms with Crippen LogP contribution in [-0.2, 0) is 4.74 Å². The molecule has 0 aromatic heterocycles. The molecule has 0 aromatic carbocycles. The second-order valence-corrected chi connectivity index (χ2v) is 4.31. The summed E-state index contributed by atoms with van der Waals surface area (Å²) in [4.78, 5) is 0. The highest BCUT2D eigenvalue weighted by Gasteiger charge is 1.92. The fourth-order valence-corrected chi connectivity index (χ4v) is 1.24. The van der Waals surface area contributed by atoms with Gasteiger partial charge in [-0.05, 0) is 38.4 Å². The van der Waals surface area contributed by atoms with E-state index >= 15 is 0 Å². The van der Waals surface area contributed by atoms with Crippen LogP contribution in [0.3, 0.4) is 0 Å². The molecule has 0 saturated carbocycles. The summed E-state index contributed by atoms with van der Waals surface area (Å²) < 4.78 is 5.36. The van der Waals surface area contributed by atoms with Crippen LogP contribution in [0.2, 0.25) is 0 Å². The van der Waals surface area contributed by atoms with E-state index in [0.717, 1.165) is 51.7 Å². The molecule has 0 aliphatic heterocycles. The molecule has 0 rings (SSSR count). The van der Waals surface area contributed by atoms with Gasteiger partial charge in [0.15, 0.2) is 0 Å². The molecule has 3 heteroatoms. The first-order chi connectivity index (χ1) is 7.27. The Morgan fingerprint density at radius 3 is 2.40 bits per heavy atom. The number of ether oxygens (including phenoxy) is 1. The van der Waals surface area contributed by atoms with Gasteiger partial charge >= 0.3 is 0 Å². The van der Waals surface area contributed by atoms with Gasteiger partial charge in [-0.1, -0.05) is 20.8 Å². The van der Waals surface area contributed by atoms with Crippen molar-refractivity contribution in [3.8, 4) is 0 Å². The summed E-state index contributed by atoms with van der Waals surface area (Å²) in [5.74, 6) is 0.750. The lowest BCUT2D eigenvalue weighted by Crippen LogP contribution is -2.26. The van der Waals surface area contributed by atoms with Gasteiger partial charge in [0.2, 0.25) is 0 Å². The maximum atomic E-state index is 5.36. The summed E-state index contributed by atoms with van der Waals surface area (Å²) in [6.45, 7) is 12.6. The van der Waals surface area contributed by atoms with Gasteiger partial charge in [0.05, 0.1) is 6.61 Å². The average molecular weight is 216 g/mol. The molecule has 2 N–H and O–H groups in total. The van der Waals surface area contributed by atoms with E-state index in [2.05, 4.69) is 31.4 Å². The molecule has 0 aliphatic rings. The monoisotopic (exact) mass is 216 g/mol. The smallest absolute Gasteiger partial charge is 0.0590 e. The van der Waals surface area contributed by atoms with Gasteiger partial charge in [-0.3, -0.25) is 0 Å². The highest BCUT2D eigenvalue weighted by Crippen LogP contribution is 1.86. The maximum absolute atomic E-state index is 5.36. The van der Waals surface area contributed by atoms with E-state index in [1.807, 2.05) is 0 Å². The third-order valence-electron chi connectivity index (χ3n) is 2.03. The van der Waals surface area contributed by atoms with Crippen molar-refractivity contribution < 1.29 is 4.74 Å². The fraction of sp³-hybridized carbons (Fsp3) is 1.00. The third-order valence-corrected chi connectivity index (χ3v) is 2.03. The second-order valence-electron chi connectivity index (χ2n) is 4.31. The molecule has 92 valence electrons. The normalized spacial score (nSPS) is 11.2. The number of hydrogen-bond donors (Lipinski definition) is 2. The van der Waals surface area contributed by atoms with Crippen LogP contribution in [0, 0.1) is 5.92 Å². The molecule has 0 radical (unpaired) electrons. The molecule has 0 saturated heterocycles. The molecule has 0 fully saturated rings. The zero-order chi connectivity index (χ0) is 11.4. The highest BCUT2D eigenvalue weighted by atomic mass is 16.5. The summed E-state index contributed by atoms with van der Waals surface area (Å²) in [5, 5.41) is 6.79. The zero-order valence-corrected chi connectivity index (χ0v) is 10.6. The lowest BCUT2D eigenvalue weighted by atomic mass is 10.2. The summed E-state index contributed by atoms with van der Waals surface area (Å²) in [6.07, 6.45) is 2.31. The second kappa shape index (κ2) is 12.0. The van der Waals surface area contributed by atoms with Gasteiger partial charge in [-0.15, -0.1) is 0 Å². The topological polar surface area (TPSA) is 33.3 Å². The third kappa shape index (κ3) is 13.9. The minimum atomic E-state index is 0.750.